The Morgan fingerprint density at radius 2 is 1.65 bits per heavy atom. The fraction of sp³-hybridized carbons (Fsp3) is 0.143. The lowest BCUT2D eigenvalue weighted by molar-refractivity contribution is 0.674. The number of aryl methyl sites for hydroxylation is 1. The second kappa shape index (κ2) is 4.00. The number of hydrogen-bond acceptors (Lipinski definition) is 2. The van der Waals surface area contributed by atoms with Crippen LogP contribution in [0.3, 0.4) is 0 Å². The van der Waals surface area contributed by atoms with Crippen LogP contribution in [-0.2, 0) is 16.1 Å². The molecule has 2 nitrogen and oxygen atoms in total. The number of nitrogens with zero attached hydrogens (tertiary/aromatic N) is 1. The Balaban J connectivity index is 2.19. The van der Waals surface area contributed by atoms with E-state index in [-0.39, 0.29) is 0 Å². The lowest BCUT2D eigenvalue weighted by atomic mass is 10.1. The Morgan fingerprint density at radius 3 is 2.47 bits per heavy atom. The fourth-order valence-electron chi connectivity index (χ4n) is 2.07. The summed E-state index contributed by atoms with van der Waals surface area (Å²) < 4.78 is 17.3. The molecule has 1 atom stereocenters. The zero-order valence-corrected chi connectivity index (χ0v) is 10.2. The molecule has 0 bridgehead atoms. The standard InChI is InChI=1S/C14H13NOS/c16-17(13-7-2-1-3-8-13)11-10-12-6-4-5-9-14(12)15-17/h1-9H,10-11H2. The van der Waals surface area contributed by atoms with Crippen molar-refractivity contribution in [3.05, 3.63) is 60.2 Å². The third-order valence-electron chi connectivity index (χ3n) is 3.00. The highest BCUT2D eigenvalue weighted by atomic mass is 32.2. The van der Waals surface area contributed by atoms with Crippen LogP contribution in [0.15, 0.2) is 63.9 Å². The first-order valence-electron chi connectivity index (χ1n) is 5.66. The van der Waals surface area contributed by atoms with Gasteiger partial charge in [-0.2, -0.15) is 4.36 Å². The van der Waals surface area contributed by atoms with E-state index in [2.05, 4.69) is 10.4 Å². The van der Waals surface area contributed by atoms with Gasteiger partial charge in [0.2, 0.25) is 0 Å². The average molecular weight is 243 g/mol. The third-order valence-corrected chi connectivity index (χ3v) is 5.25. The molecular weight excluding hydrogens is 230 g/mol. The Bertz CT molecular complexity index is 655. The number of benzene rings is 2. The molecule has 2 aromatic rings. The minimum absolute atomic E-state index is 0.619. The van der Waals surface area contributed by atoms with Crippen molar-refractivity contribution < 1.29 is 4.21 Å². The Hall–Kier alpha value is -1.61. The van der Waals surface area contributed by atoms with Gasteiger partial charge in [0.05, 0.1) is 15.4 Å². The molecule has 0 fully saturated rings. The molecule has 3 heteroatoms. The Morgan fingerprint density at radius 1 is 0.941 bits per heavy atom. The lowest BCUT2D eigenvalue weighted by Gasteiger charge is -2.17. The minimum Gasteiger partial charge on any atom is -0.244 e. The molecule has 0 saturated carbocycles. The van der Waals surface area contributed by atoms with Crippen LogP contribution in [0.2, 0.25) is 0 Å². The van der Waals surface area contributed by atoms with Crippen LogP contribution in [-0.4, -0.2) is 9.96 Å². The van der Waals surface area contributed by atoms with E-state index in [1.165, 1.54) is 5.56 Å². The number of fused-ring (bicyclic) bond motifs is 1. The quantitative estimate of drug-likeness (QED) is 0.754. The SMILES string of the molecule is O=S1(c2ccccc2)=Nc2ccccc2CC1. The van der Waals surface area contributed by atoms with Crippen molar-refractivity contribution in [2.45, 2.75) is 11.3 Å². The highest BCUT2D eigenvalue weighted by molar-refractivity contribution is 7.93. The summed E-state index contributed by atoms with van der Waals surface area (Å²) in [6.07, 6.45) is 0.841. The van der Waals surface area contributed by atoms with Gasteiger partial charge in [0, 0.05) is 10.6 Å². The summed E-state index contributed by atoms with van der Waals surface area (Å²) in [5, 5.41) is 0. The van der Waals surface area contributed by atoms with Gasteiger partial charge in [-0.3, -0.25) is 0 Å². The average Bonchev–Trinajstić information content (AvgIpc) is 2.40. The zero-order valence-electron chi connectivity index (χ0n) is 9.37. The van der Waals surface area contributed by atoms with Crippen LogP contribution in [0.4, 0.5) is 5.69 Å². The summed E-state index contributed by atoms with van der Waals surface area (Å²) in [4.78, 5) is 0.842. The predicted octanol–water partition coefficient (Wildman–Crippen LogP) is 3.40. The smallest absolute Gasteiger partial charge is 0.0803 e. The normalized spacial score (nSPS) is 22.6. The molecule has 1 heterocycles. The van der Waals surface area contributed by atoms with Crippen LogP contribution in [0.1, 0.15) is 5.56 Å². The summed E-state index contributed by atoms with van der Waals surface area (Å²) in [5.74, 6) is 0.619. The van der Waals surface area contributed by atoms with Crippen molar-refractivity contribution in [2.24, 2.45) is 4.36 Å². The molecule has 1 unspecified atom stereocenters. The monoisotopic (exact) mass is 243 g/mol. The predicted molar refractivity (Wildman–Crippen MR) is 70.0 cm³/mol. The zero-order chi connectivity index (χ0) is 11.7. The maximum Gasteiger partial charge on any atom is 0.0803 e. The van der Waals surface area contributed by atoms with Crippen LogP contribution in [0.5, 0.6) is 0 Å². The van der Waals surface area contributed by atoms with Gasteiger partial charge in [-0.25, -0.2) is 4.21 Å². The van der Waals surface area contributed by atoms with Gasteiger partial charge in [-0.15, -0.1) is 0 Å². The van der Waals surface area contributed by atoms with Crippen LogP contribution in [0.25, 0.3) is 0 Å². The van der Waals surface area contributed by atoms with E-state index in [1.807, 2.05) is 48.5 Å². The van der Waals surface area contributed by atoms with E-state index in [9.17, 15) is 4.21 Å². The maximum atomic E-state index is 12.8. The van der Waals surface area contributed by atoms with Crippen molar-refractivity contribution in [1.29, 1.82) is 0 Å². The molecule has 17 heavy (non-hydrogen) atoms. The minimum atomic E-state index is -2.26. The molecule has 0 radical (unpaired) electrons. The largest absolute Gasteiger partial charge is 0.244 e. The molecule has 0 N–H and O–H groups in total. The summed E-state index contributed by atoms with van der Waals surface area (Å²) >= 11 is 0. The van der Waals surface area contributed by atoms with Crippen molar-refractivity contribution in [1.82, 2.24) is 0 Å². The molecule has 0 aliphatic carbocycles. The Kier molecular flexibility index (Phi) is 2.48. The first-order valence-corrected chi connectivity index (χ1v) is 7.34. The van der Waals surface area contributed by atoms with Crippen molar-refractivity contribution in [2.75, 3.05) is 5.75 Å². The van der Waals surface area contributed by atoms with Crippen molar-refractivity contribution in [3.8, 4) is 0 Å². The van der Waals surface area contributed by atoms with Gasteiger partial charge in [0.15, 0.2) is 0 Å². The number of rotatable bonds is 1. The second-order valence-electron chi connectivity index (χ2n) is 4.13. The topological polar surface area (TPSA) is 29.4 Å². The van der Waals surface area contributed by atoms with Crippen molar-refractivity contribution >= 4 is 15.4 Å². The van der Waals surface area contributed by atoms with Crippen molar-refractivity contribution in [3.63, 3.8) is 0 Å². The molecular formula is C14H13NOS. The molecule has 0 saturated heterocycles. The highest BCUT2D eigenvalue weighted by Gasteiger charge is 2.18. The first kappa shape index (κ1) is 10.5. The summed E-state index contributed by atoms with van der Waals surface area (Å²) in [6.45, 7) is 0. The molecule has 0 spiro atoms. The van der Waals surface area contributed by atoms with E-state index in [0.29, 0.717) is 5.75 Å². The van der Waals surface area contributed by atoms with E-state index < -0.39 is 9.73 Å². The molecule has 1 aliphatic rings. The van der Waals surface area contributed by atoms with E-state index in [1.54, 1.807) is 0 Å². The molecule has 86 valence electrons. The third kappa shape index (κ3) is 1.87. The number of hydrogen-bond donors (Lipinski definition) is 0. The summed E-state index contributed by atoms with van der Waals surface area (Å²) in [7, 11) is -2.26. The van der Waals surface area contributed by atoms with Gasteiger partial charge < -0.3 is 0 Å². The maximum absolute atomic E-state index is 12.8. The Labute approximate surface area is 101 Å². The van der Waals surface area contributed by atoms with E-state index >= 15 is 0 Å². The fourth-order valence-corrected chi connectivity index (χ4v) is 4.08. The van der Waals surface area contributed by atoms with E-state index in [0.717, 1.165) is 17.0 Å². The van der Waals surface area contributed by atoms with Gasteiger partial charge in [-0.1, -0.05) is 36.4 Å². The molecule has 3 rings (SSSR count). The molecule has 0 aromatic heterocycles. The van der Waals surface area contributed by atoms with Crippen LogP contribution in [0, 0.1) is 0 Å². The molecule has 2 aromatic carbocycles. The molecule has 0 amide bonds. The highest BCUT2D eigenvalue weighted by Crippen LogP contribution is 2.30. The second-order valence-corrected chi connectivity index (χ2v) is 6.47. The van der Waals surface area contributed by atoms with Crippen LogP contribution < -0.4 is 0 Å². The van der Waals surface area contributed by atoms with Gasteiger partial charge in [0.25, 0.3) is 0 Å². The van der Waals surface area contributed by atoms with Crippen LogP contribution >= 0.6 is 0 Å². The van der Waals surface area contributed by atoms with Gasteiger partial charge in [0.1, 0.15) is 0 Å². The molecule has 1 aliphatic heterocycles. The van der Waals surface area contributed by atoms with Gasteiger partial charge in [-0.05, 0) is 30.2 Å². The lowest BCUT2D eigenvalue weighted by Crippen LogP contribution is -2.12. The van der Waals surface area contributed by atoms with Gasteiger partial charge >= 0.3 is 0 Å². The van der Waals surface area contributed by atoms with E-state index in [4.69, 9.17) is 0 Å². The first-order chi connectivity index (χ1) is 8.28. The summed E-state index contributed by atoms with van der Waals surface area (Å²) in [6, 6.07) is 17.5. The summed E-state index contributed by atoms with van der Waals surface area (Å²) in [5.41, 5.74) is 2.08.